The predicted octanol–water partition coefficient (Wildman–Crippen LogP) is 1.07. The minimum Gasteiger partial charge on any atom is -0.388 e. The third-order valence-electron chi connectivity index (χ3n) is 2.90. The Bertz CT molecular complexity index is 389. The van der Waals surface area contributed by atoms with E-state index >= 15 is 0 Å². The average molecular weight is 218 g/mol. The third-order valence-corrected chi connectivity index (χ3v) is 2.90. The molecular formula is C11H14N4O. The number of nitrogens with one attached hydrogen (secondary N) is 1. The molecule has 1 aromatic rings. The highest BCUT2D eigenvalue weighted by Gasteiger charge is 2.30. The first-order chi connectivity index (χ1) is 7.72. The molecule has 84 valence electrons. The van der Waals surface area contributed by atoms with Gasteiger partial charge in [0.05, 0.1) is 18.0 Å². The highest BCUT2D eigenvalue weighted by Crippen LogP contribution is 2.29. The molecular weight excluding hydrogens is 204 g/mol. The Hall–Kier alpha value is -1.67. The number of nitriles is 1. The third kappa shape index (κ3) is 2.47. The lowest BCUT2D eigenvalue weighted by Crippen LogP contribution is -2.33. The summed E-state index contributed by atoms with van der Waals surface area (Å²) < 4.78 is 0. The molecule has 5 nitrogen and oxygen atoms in total. The van der Waals surface area contributed by atoms with Gasteiger partial charge in [-0.15, -0.1) is 0 Å². The van der Waals surface area contributed by atoms with Crippen LogP contribution < -0.4 is 5.32 Å². The van der Waals surface area contributed by atoms with Crippen molar-refractivity contribution in [3.63, 3.8) is 0 Å². The summed E-state index contributed by atoms with van der Waals surface area (Å²) >= 11 is 0. The first-order valence-corrected chi connectivity index (χ1v) is 5.40. The van der Waals surface area contributed by atoms with E-state index in [0.29, 0.717) is 18.1 Å². The monoisotopic (exact) mass is 218 g/mol. The first-order valence-electron chi connectivity index (χ1n) is 5.40. The van der Waals surface area contributed by atoms with Crippen LogP contribution >= 0.6 is 0 Å². The minimum absolute atomic E-state index is 0.296. The summed E-state index contributed by atoms with van der Waals surface area (Å²) in [7, 11) is 0. The Morgan fingerprint density at radius 1 is 1.38 bits per heavy atom. The average Bonchev–Trinajstić information content (AvgIpc) is 2.75. The molecule has 0 radical (unpaired) electrons. The van der Waals surface area contributed by atoms with Crippen molar-refractivity contribution in [1.29, 1.82) is 5.26 Å². The number of aromatic nitrogens is 2. The van der Waals surface area contributed by atoms with E-state index in [1.165, 1.54) is 12.4 Å². The zero-order valence-electron chi connectivity index (χ0n) is 8.98. The van der Waals surface area contributed by atoms with Crippen molar-refractivity contribution in [3.05, 3.63) is 18.1 Å². The quantitative estimate of drug-likeness (QED) is 0.792. The van der Waals surface area contributed by atoms with E-state index in [1.54, 1.807) is 0 Å². The molecule has 1 saturated carbocycles. The van der Waals surface area contributed by atoms with Crippen LogP contribution in [-0.4, -0.2) is 27.2 Å². The van der Waals surface area contributed by atoms with E-state index in [2.05, 4.69) is 15.3 Å². The number of aliphatic hydroxyl groups is 1. The van der Waals surface area contributed by atoms with Gasteiger partial charge in [0, 0.05) is 6.54 Å². The second-order valence-corrected chi connectivity index (χ2v) is 4.18. The van der Waals surface area contributed by atoms with Crippen molar-refractivity contribution in [2.24, 2.45) is 0 Å². The van der Waals surface area contributed by atoms with Crippen molar-refractivity contribution in [3.8, 4) is 6.07 Å². The van der Waals surface area contributed by atoms with Gasteiger partial charge in [-0.2, -0.15) is 5.26 Å². The molecule has 1 aliphatic rings. The van der Waals surface area contributed by atoms with Gasteiger partial charge in [0.1, 0.15) is 11.9 Å². The van der Waals surface area contributed by atoms with E-state index < -0.39 is 5.60 Å². The minimum atomic E-state index is -0.602. The van der Waals surface area contributed by atoms with Crippen LogP contribution in [0.4, 0.5) is 5.82 Å². The molecule has 0 atom stereocenters. The molecule has 1 fully saturated rings. The molecule has 0 aliphatic heterocycles. The number of hydrogen-bond donors (Lipinski definition) is 2. The van der Waals surface area contributed by atoms with Gasteiger partial charge in [-0.25, -0.2) is 9.97 Å². The predicted molar refractivity (Wildman–Crippen MR) is 58.7 cm³/mol. The summed E-state index contributed by atoms with van der Waals surface area (Å²) in [6, 6.07) is 1.91. The largest absolute Gasteiger partial charge is 0.388 e. The van der Waals surface area contributed by atoms with E-state index in [1.807, 2.05) is 6.07 Å². The summed E-state index contributed by atoms with van der Waals surface area (Å²) in [5.41, 5.74) is -0.305. The molecule has 0 bridgehead atoms. The molecule has 0 saturated heterocycles. The highest BCUT2D eigenvalue weighted by molar-refractivity contribution is 5.33. The topological polar surface area (TPSA) is 81.8 Å². The smallest absolute Gasteiger partial charge is 0.158 e. The maximum Gasteiger partial charge on any atom is 0.158 e. The molecule has 2 N–H and O–H groups in total. The van der Waals surface area contributed by atoms with Gasteiger partial charge in [-0.1, -0.05) is 12.8 Å². The Morgan fingerprint density at radius 3 is 2.69 bits per heavy atom. The summed E-state index contributed by atoms with van der Waals surface area (Å²) in [6.07, 6.45) is 6.76. The molecule has 0 amide bonds. The van der Waals surface area contributed by atoms with Gasteiger partial charge in [0.25, 0.3) is 0 Å². The summed E-state index contributed by atoms with van der Waals surface area (Å²) in [5.74, 6) is 0.597. The zero-order chi connectivity index (χ0) is 11.4. The molecule has 0 unspecified atom stereocenters. The Balaban J connectivity index is 1.92. The van der Waals surface area contributed by atoms with Crippen molar-refractivity contribution in [1.82, 2.24) is 9.97 Å². The Kier molecular flexibility index (Phi) is 3.02. The molecule has 0 spiro atoms. The van der Waals surface area contributed by atoms with Crippen molar-refractivity contribution in [2.45, 2.75) is 31.3 Å². The van der Waals surface area contributed by atoms with Gasteiger partial charge in [0.15, 0.2) is 5.69 Å². The van der Waals surface area contributed by atoms with Crippen molar-refractivity contribution in [2.75, 3.05) is 11.9 Å². The standard InChI is InChI=1S/C11H14N4O/c12-5-9-6-14-10(7-13-9)15-8-11(16)3-1-2-4-11/h6-7,16H,1-4,8H2,(H,14,15). The molecule has 16 heavy (non-hydrogen) atoms. The van der Waals surface area contributed by atoms with Crippen molar-refractivity contribution < 1.29 is 5.11 Å². The van der Waals surface area contributed by atoms with E-state index in [4.69, 9.17) is 5.26 Å². The SMILES string of the molecule is N#Cc1cnc(NCC2(O)CCCC2)cn1. The molecule has 1 heterocycles. The van der Waals surface area contributed by atoms with Crippen LogP contribution in [0.3, 0.4) is 0 Å². The molecule has 2 rings (SSSR count). The lowest BCUT2D eigenvalue weighted by atomic mass is 10.0. The first kappa shape index (κ1) is 10.8. The van der Waals surface area contributed by atoms with Gasteiger partial charge in [-0.3, -0.25) is 0 Å². The molecule has 1 aliphatic carbocycles. The van der Waals surface area contributed by atoms with Crippen LogP contribution in [-0.2, 0) is 0 Å². The normalized spacial score (nSPS) is 18.0. The maximum absolute atomic E-state index is 10.1. The number of hydrogen-bond acceptors (Lipinski definition) is 5. The number of anilines is 1. The van der Waals surface area contributed by atoms with Crippen LogP contribution in [0.15, 0.2) is 12.4 Å². The Labute approximate surface area is 94.2 Å². The Morgan fingerprint density at radius 2 is 2.12 bits per heavy atom. The summed E-state index contributed by atoms with van der Waals surface area (Å²) in [4.78, 5) is 7.93. The lowest BCUT2D eigenvalue weighted by molar-refractivity contribution is 0.0614. The van der Waals surface area contributed by atoms with Crippen molar-refractivity contribution >= 4 is 5.82 Å². The molecule has 5 heteroatoms. The van der Waals surface area contributed by atoms with E-state index in [9.17, 15) is 5.11 Å². The van der Waals surface area contributed by atoms with E-state index in [0.717, 1.165) is 25.7 Å². The second-order valence-electron chi connectivity index (χ2n) is 4.18. The van der Waals surface area contributed by atoms with Gasteiger partial charge in [-0.05, 0) is 12.8 Å². The summed E-state index contributed by atoms with van der Waals surface area (Å²) in [5, 5.41) is 21.7. The van der Waals surface area contributed by atoms with E-state index in [-0.39, 0.29) is 0 Å². The highest BCUT2D eigenvalue weighted by atomic mass is 16.3. The van der Waals surface area contributed by atoms with Crippen LogP contribution in [0, 0.1) is 11.3 Å². The van der Waals surface area contributed by atoms with Gasteiger partial charge >= 0.3 is 0 Å². The molecule has 0 aromatic carbocycles. The van der Waals surface area contributed by atoms with Crippen LogP contribution in [0.5, 0.6) is 0 Å². The summed E-state index contributed by atoms with van der Waals surface area (Å²) in [6.45, 7) is 0.494. The fourth-order valence-corrected chi connectivity index (χ4v) is 1.94. The van der Waals surface area contributed by atoms with Crippen LogP contribution in [0.2, 0.25) is 0 Å². The fraction of sp³-hybridized carbons (Fsp3) is 0.545. The number of rotatable bonds is 3. The van der Waals surface area contributed by atoms with Crippen LogP contribution in [0.25, 0.3) is 0 Å². The fourth-order valence-electron chi connectivity index (χ4n) is 1.94. The molecule has 1 aromatic heterocycles. The van der Waals surface area contributed by atoms with Gasteiger partial charge in [0.2, 0.25) is 0 Å². The second kappa shape index (κ2) is 4.45. The zero-order valence-corrected chi connectivity index (χ0v) is 8.98. The maximum atomic E-state index is 10.1. The van der Waals surface area contributed by atoms with Gasteiger partial charge < -0.3 is 10.4 Å². The van der Waals surface area contributed by atoms with Crippen LogP contribution in [0.1, 0.15) is 31.4 Å². The lowest BCUT2D eigenvalue weighted by Gasteiger charge is -2.22. The number of nitrogens with zero attached hydrogens (tertiary/aromatic N) is 3.